The van der Waals surface area contributed by atoms with E-state index in [0.717, 1.165) is 0 Å². The van der Waals surface area contributed by atoms with E-state index < -0.39 is 11.9 Å². The van der Waals surface area contributed by atoms with Gasteiger partial charge in [0.1, 0.15) is 0 Å². The molecule has 0 fully saturated rings. The smallest absolute Gasteiger partial charge is 0.235 e. The Kier molecular flexibility index (Phi) is 4.46. The van der Waals surface area contributed by atoms with Crippen molar-refractivity contribution in [2.24, 2.45) is 11.5 Å². The summed E-state index contributed by atoms with van der Waals surface area (Å²) in [5.41, 5.74) is 13.1. The number of carbonyl (C=O) groups excluding carboxylic acids is 1. The van der Waals surface area contributed by atoms with Gasteiger partial charge in [-0.25, -0.2) is 0 Å². The van der Waals surface area contributed by atoms with Crippen LogP contribution in [-0.2, 0) is 4.79 Å². The summed E-state index contributed by atoms with van der Waals surface area (Å²) in [5, 5.41) is 3.20. The van der Waals surface area contributed by atoms with Gasteiger partial charge in [0, 0.05) is 12.6 Å². The second-order valence-corrected chi connectivity index (χ2v) is 4.00. The number of nitrogens with two attached hydrogens (primary N) is 2. The summed E-state index contributed by atoms with van der Waals surface area (Å²) in [6, 6.07) is 7.64. The van der Waals surface area contributed by atoms with Crippen LogP contribution in [-0.4, -0.2) is 18.5 Å². The van der Waals surface area contributed by atoms with Crippen molar-refractivity contribution < 1.29 is 4.79 Å². The lowest BCUT2D eigenvalue weighted by atomic mass is 10.0. The number of amides is 1. The fourth-order valence-electron chi connectivity index (χ4n) is 1.59. The third kappa shape index (κ3) is 3.32. The number of hydrogen-bond donors (Lipinski definition) is 3. The summed E-state index contributed by atoms with van der Waals surface area (Å²) in [6.07, 6.45) is 0. The second-order valence-electron chi connectivity index (χ2n) is 4.00. The van der Waals surface area contributed by atoms with Crippen molar-refractivity contribution in [1.29, 1.82) is 0 Å². The zero-order chi connectivity index (χ0) is 12.1. The van der Waals surface area contributed by atoms with E-state index in [1.54, 1.807) is 0 Å². The van der Waals surface area contributed by atoms with Gasteiger partial charge in [-0.15, -0.1) is 0 Å². The predicted molar refractivity (Wildman–Crippen MR) is 64.8 cm³/mol. The SMILES string of the molecule is Cc1ccccc1C(C)NCC(N)C(N)=O. The van der Waals surface area contributed by atoms with Crippen LogP contribution in [0.25, 0.3) is 0 Å². The molecular formula is C12H19N3O. The van der Waals surface area contributed by atoms with Gasteiger partial charge in [0.05, 0.1) is 6.04 Å². The van der Waals surface area contributed by atoms with Gasteiger partial charge in [0.2, 0.25) is 5.91 Å². The van der Waals surface area contributed by atoms with Crippen LogP contribution in [0.2, 0.25) is 0 Å². The Labute approximate surface area is 96.0 Å². The lowest BCUT2D eigenvalue weighted by Crippen LogP contribution is -2.44. The molecule has 1 aromatic carbocycles. The van der Waals surface area contributed by atoms with Gasteiger partial charge in [0.15, 0.2) is 0 Å². The summed E-state index contributed by atoms with van der Waals surface area (Å²) in [6.45, 7) is 4.49. The van der Waals surface area contributed by atoms with E-state index >= 15 is 0 Å². The number of nitrogens with one attached hydrogen (secondary N) is 1. The van der Waals surface area contributed by atoms with Gasteiger partial charge in [-0.2, -0.15) is 0 Å². The van der Waals surface area contributed by atoms with E-state index in [0.29, 0.717) is 6.54 Å². The molecule has 0 saturated heterocycles. The van der Waals surface area contributed by atoms with E-state index in [-0.39, 0.29) is 6.04 Å². The summed E-state index contributed by atoms with van der Waals surface area (Å²) in [4.78, 5) is 10.8. The van der Waals surface area contributed by atoms with Gasteiger partial charge in [-0.1, -0.05) is 24.3 Å². The molecule has 88 valence electrons. The molecule has 5 N–H and O–H groups in total. The van der Waals surface area contributed by atoms with Gasteiger partial charge in [-0.3, -0.25) is 4.79 Å². The van der Waals surface area contributed by atoms with Crippen LogP contribution >= 0.6 is 0 Å². The molecule has 0 aromatic heterocycles. The lowest BCUT2D eigenvalue weighted by Gasteiger charge is -2.18. The molecule has 4 heteroatoms. The van der Waals surface area contributed by atoms with Gasteiger partial charge >= 0.3 is 0 Å². The summed E-state index contributed by atoms with van der Waals surface area (Å²) < 4.78 is 0. The van der Waals surface area contributed by atoms with Gasteiger partial charge in [-0.05, 0) is 25.0 Å². The van der Waals surface area contributed by atoms with Crippen LogP contribution in [0.1, 0.15) is 24.1 Å². The largest absolute Gasteiger partial charge is 0.368 e. The van der Waals surface area contributed by atoms with E-state index in [2.05, 4.69) is 24.4 Å². The van der Waals surface area contributed by atoms with Gasteiger partial charge < -0.3 is 16.8 Å². The zero-order valence-corrected chi connectivity index (χ0v) is 9.73. The highest BCUT2D eigenvalue weighted by molar-refractivity contribution is 5.79. The van der Waals surface area contributed by atoms with Crippen LogP contribution in [0, 0.1) is 6.92 Å². The maximum atomic E-state index is 10.8. The molecule has 0 saturated carbocycles. The molecule has 0 heterocycles. The van der Waals surface area contributed by atoms with Crippen LogP contribution in [0.15, 0.2) is 24.3 Å². The van der Waals surface area contributed by atoms with Gasteiger partial charge in [0.25, 0.3) is 0 Å². The van der Waals surface area contributed by atoms with E-state index in [1.807, 2.05) is 19.1 Å². The molecular weight excluding hydrogens is 202 g/mol. The first-order valence-electron chi connectivity index (χ1n) is 5.36. The molecule has 1 rings (SSSR count). The monoisotopic (exact) mass is 221 g/mol. The number of hydrogen-bond acceptors (Lipinski definition) is 3. The Morgan fingerprint density at radius 1 is 1.44 bits per heavy atom. The van der Waals surface area contributed by atoms with Crippen LogP contribution in [0.4, 0.5) is 0 Å². The molecule has 0 spiro atoms. The fourth-order valence-corrected chi connectivity index (χ4v) is 1.59. The Balaban J connectivity index is 2.56. The number of carbonyl (C=O) groups is 1. The first kappa shape index (κ1) is 12.7. The molecule has 0 radical (unpaired) electrons. The molecule has 0 aliphatic carbocycles. The van der Waals surface area contributed by atoms with Crippen molar-refractivity contribution in [1.82, 2.24) is 5.32 Å². The fraction of sp³-hybridized carbons (Fsp3) is 0.417. The Bertz CT molecular complexity index is 365. The topological polar surface area (TPSA) is 81.1 Å². The standard InChI is InChI=1S/C12H19N3O/c1-8-5-3-4-6-10(8)9(2)15-7-11(13)12(14)16/h3-6,9,11,15H,7,13H2,1-2H3,(H2,14,16). The highest BCUT2D eigenvalue weighted by atomic mass is 16.1. The Hall–Kier alpha value is -1.39. The summed E-state index contributed by atoms with van der Waals surface area (Å²) in [7, 11) is 0. The minimum atomic E-state index is -0.633. The quantitative estimate of drug-likeness (QED) is 0.675. The number of aryl methyl sites for hydroxylation is 1. The van der Waals surface area contributed by atoms with Crippen LogP contribution in [0.5, 0.6) is 0 Å². The molecule has 0 aliphatic rings. The molecule has 16 heavy (non-hydrogen) atoms. The number of benzene rings is 1. The van der Waals surface area contributed by atoms with E-state index in [1.165, 1.54) is 11.1 Å². The first-order valence-corrected chi connectivity index (χ1v) is 5.36. The van der Waals surface area contributed by atoms with E-state index in [9.17, 15) is 4.79 Å². The molecule has 2 unspecified atom stereocenters. The highest BCUT2D eigenvalue weighted by Gasteiger charge is 2.12. The maximum Gasteiger partial charge on any atom is 0.235 e. The van der Waals surface area contributed by atoms with Crippen LogP contribution in [0.3, 0.4) is 0 Å². The normalized spacial score (nSPS) is 14.4. The molecule has 1 aromatic rings. The Morgan fingerprint density at radius 2 is 2.06 bits per heavy atom. The van der Waals surface area contributed by atoms with Crippen molar-refractivity contribution in [2.75, 3.05) is 6.54 Å². The highest BCUT2D eigenvalue weighted by Crippen LogP contribution is 2.16. The van der Waals surface area contributed by atoms with Crippen molar-refractivity contribution in [3.63, 3.8) is 0 Å². The van der Waals surface area contributed by atoms with Crippen LogP contribution < -0.4 is 16.8 Å². The lowest BCUT2D eigenvalue weighted by molar-refractivity contribution is -0.119. The third-order valence-electron chi connectivity index (χ3n) is 2.66. The molecule has 4 nitrogen and oxygen atoms in total. The van der Waals surface area contributed by atoms with E-state index in [4.69, 9.17) is 11.5 Å². The van der Waals surface area contributed by atoms with Crippen molar-refractivity contribution in [3.05, 3.63) is 35.4 Å². The predicted octanol–water partition coefficient (Wildman–Crippen LogP) is 0.458. The number of primary amides is 1. The molecule has 0 bridgehead atoms. The number of rotatable bonds is 5. The molecule has 0 aliphatic heterocycles. The maximum absolute atomic E-state index is 10.8. The zero-order valence-electron chi connectivity index (χ0n) is 9.73. The average Bonchev–Trinajstić information content (AvgIpc) is 2.25. The minimum absolute atomic E-state index is 0.159. The summed E-state index contributed by atoms with van der Waals surface area (Å²) >= 11 is 0. The average molecular weight is 221 g/mol. The summed E-state index contributed by atoms with van der Waals surface area (Å²) in [5.74, 6) is -0.482. The van der Waals surface area contributed by atoms with Crippen molar-refractivity contribution in [2.45, 2.75) is 25.9 Å². The second kappa shape index (κ2) is 5.63. The van der Waals surface area contributed by atoms with Crippen molar-refractivity contribution in [3.8, 4) is 0 Å². The first-order chi connectivity index (χ1) is 7.52. The molecule has 2 atom stereocenters. The third-order valence-corrected chi connectivity index (χ3v) is 2.66. The Morgan fingerprint density at radius 3 is 2.62 bits per heavy atom. The molecule has 1 amide bonds. The van der Waals surface area contributed by atoms with Crippen molar-refractivity contribution >= 4 is 5.91 Å². The minimum Gasteiger partial charge on any atom is -0.368 e.